The van der Waals surface area contributed by atoms with Gasteiger partial charge in [-0.25, -0.2) is 0 Å². The van der Waals surface area contributed by atoms with Crippen LogP contribution in [0.15, 0.2) is 121 Å². The number of nitrogens with zero attached hydrogens (tertiary/aromatic N) is 1. The molecule has 194 valence electrons. The van der Waals surface area contributed by atoms with E-state index in [0.717, 1.165) is 5.56 Å². The van der Waals surface area contributed by atoms with Gasteiger partial charge >= 0.3 is 0 Å². The maximum atomic E-state index is 12.1. The number of carbonyl (C=O) groups is 1. The summed E-state index contributed by atoms with van der Waals surface area (Å²) in [6, 6.07) is 41.1. The van der Waals surface area contributed by atoms with Crippen LogP contribution in [0.2, 0.25) is 0 Å². The average molecular weight is 504 g/mol. The molecule has 0 spiro atoms. The van der Waals surface area contributed by atoms with Crippen molar-refractivity contribution in [3.8, 4) is 0 Å². The number of carbonyl (C=O) groups excluding carboxylic acids is 1. The highest BCUT2D eigenvalue weighted by Crippen LogP contribution is 2.22. The first kappa shape index (κ1) is 27.4. The molecule has 0 unspecified atom stereocenters. The SMILES string of the molecule is BC(=O)N[C@@H](Cc1ccccc1)C[C@H](O)[C@H](Cc1ccccc1)N(Cc1ccccc1)Cc1ccccc1. The third-order valence-corrected chi connectivity index (χ3v) is 6.92. The van der Waals surface area contributed by atoms with Crippen molar-refractivity contribution in [3.05, 3.63) is 144 Å². The van der Waals surface area contributed by atoms with E-state index in [0.29, 0.717) is 32.4 Å². The van der Waals surface area contributed by atoms with E-state index >= 15 is 0 Å². The molecule has 0 aliphatic heterocycles. The number of nitrogens with one attached hydrogen (secondary N) is 1. The number of aliphatic hydroxyl groups is 1. The van der Waals surface area contributed by atoms with E-state index in [4.69, 9.17) is 0 Å². The van der Waals surface area contributed by atoms with E-state index in [9.17, 15) is 9.90 Å². The highest BCUT2D eigenvalue weighted by Gasteiger charge is 2.29. The second-order valence-electron chi connectivity index (χ2n) is 10.0. The van der Waals surface area contributed by atoms with Crippen LogP contribution in [0.4, 0.5) is 4.79 Å². The fourth-order valence-corrected chi connectivity index (χ4v) is 5.12. The summed E-state index contributed by atoms with van der Waals surface area (Å²) in [5.41, 5.74) is 4.73. The first-order chi connectivity index (χ1) is 18.6. The van der Waals surface area contributed by atoms with Crippen molar-refractivity contribution >= 4 is 13.7 Å². The van der Waals surface area contributed by atoms with Crippen LogP contribution in [0.3, 0.4) is 0 Å². The van der Waals surface area contributed by atoms with E-state index in [1.54, 1.807) is 7.85 Å². The van der Waals surface area contributed by atoms with Gasteiger partial charge in [-0.15, -0.1) is 0 Å². The van der Waals surface area contributed by atoms with Gasteiger partial charge in [-0.05, 0) is 41.5 Å². The third kappa shape index (κ3) is 8.72. The second-order valence-corrected chi connectivity index (χ2v) is 10.0. The van der Waals surface area contributed by atoms with Gasteiger partial charge in [0.15, 0.2) is 5.81 Å². The lowest BCUT2D eigenvalue weighted by molar-refractivity contribution is 0.0287. The lowest BCUT2D eigenvalue weighted by Crippen LogP contribution is -2.48. The molecule has 2 N–H and O–H groups in total. The summed E-state index contributed by atoms with van der Waals surface area (Å²) in [6.07, 6.45) is 1.20. The molecule has 4 rings (SSSR count). The third-order valence-electron chi connectivity index (χ3n) is 6.92. The summed E-state index contributed by atoms with van der Waals surface area (Å²) in [5, 5.41) is 15.0. The van der Waals surface area contributed by atoms with Gasteiger partial charge in [0.25, 0.3) is 0 Å². The Morgan fingerprint density at radius 3 is 1.47 bits per heavy atom. The quantitative estimate of drug-likeness (QED) is 0.252. The Bertz CT molecular complexity index is 1180. The number of hydrogen-bond donors (Lipinski definition) is 2. The predicted octanol–water partition coefficient (Wildman–Crippen LogP) is 5.01. The Morgan fingerprint density at radius 1 is 0.658 bits per heavy atom. The minimum atomic E-state index is -0.650. The van der Waals surface area contributed by atoms with Gasteiger partial charge in [-0.3, -0.25) is 9.69 Å². The summed E-state index contributed by atoms with van der Waals surface area (Å²) >= 11 is 0. The zero-order valence-electron chi connectivity index (χ0n) is 22.1. The molecule has 0 aliphatic carbocycles. The van der Waals surface area contributed by atoms with Crippen LogP contribution in [-0.4, -0.2) is 41.8 Å². The van der Waals surface area contributed by atoms with Crippen LogP contribution in [0, 0.1) is 0 Å². The van der Waals surface area contributed by atoms with Crippen molar-refractivity contribution in [2.75, 3.05) is 0 Å². The van der Waals surface area contributed by atoms with E-state index < -0.39 is 6.10 Å². The normalized spacial score (nSPS) is 13.5. The maximum absolute atomic E-state index is 12.1. The van der Waals surface area contributed by atoms with Gasteiger partial charge in [0.2, 0.25) is 7.85 Å². The monoisotopic (exact) mass is 504 g/mol. The molecule has 3 atom stereocenters. The molecule has 0 saturated heterocycles. The average Bonchev–Trinajstić information content (AvgIpc) is 2.93. The summed E-state index contributed by atoms with van der Waals surface area (Å²) in [4.78, 5) is 14.5. The van der Waals surface area contributed by atoms with Crippen LogP contribution in [0.1, 0.15) is 28.7 Å². The lowest BCUT2D eigenvalue weighted by Gasteiger charge is -2.37. The molecule has 0 bridgehead atoms. The van der Waals surface area contributed by atoms with E-state index in [1.165, 1.54) is 16.7 Å². The molecule has 0 heterocycles. The van der Waals surface area contributed by atoms with Gasteiger partial charge in [0.1, 0.15) is 0 Å². The molecule has 0 fully saturated rings. The number of amides is 1. The molecule has 4 nitrogen and oxygen atoms in total. The van der Waals surface area contributed by atoms with Gasteiger partial charge in [-0.2, -0.15) is 0 Å². The summed E-state index contributed by atoms with van der Waals surface area (Å²) in [7, 11) is 1.54. The lowest BCUT2D eigenvalue weighted by atomic mass is 9.91. The van der Waals surface area contributed by atoms with Crippen LogP contribution in [0.5, 0.6) is 0 Å². The van der Waals surface area contributed by atoms with Crippen molar-refractivity contribution in [2.45, 2.75) is 50.5 Å². The Labute approximate surface area is 227 Å². The maximum Gasteiger partial charge on any atom is 0.215 e. The molecule has 5 heteroatoms. The second kappa shape index (κ2) is 14.3. The Morgan fingerprint density at radius 2 is 1.05 bits per heavy atom. The van der Waals surface area contributed by atoms with Crippen molar-refractivity contribution in [1.82, 2.24) is 10.2 Å². The first-order valence-electron chi connectivity index (χ1n) is 13.4. The van der Waals surface area contributed by atoms with Gasteiger partial charge in [0.05, 0.1) is 6.10 Å². The first-order valence-corrected chi connectivity index (χ1v) is 13.4. The molecule has 1 amide bonds. The molecular formula is C33H37BN2O2. The van der Waals surface area contributed by atoms with Gasteiger partial charge < -0.3 is 10.4 Å². The largest absolute Gasteiger partial charge is 0.391 e. The zero-order valence-corrected chi connectivity index (χ0v) is 22.1. The minimum Gasteiger partial charge on any atom is -0.391 e. The van der Waals surface area contributed by atoms with Crippen LogP contribution in [-0.2, 0) is 25.9 Å². The standard InChI is InChI=1S/C33H37BN2O2/c34-33(38)35-30(21-26-13-5-1-6-14-26)23-32(37)31(22-27-15-7-2-8-16-27)36(24-28-17-9-3-10-18-28)25-29-19-11-4-12-20-29/h1-20,30-32,37H,21-25,34H2,(H,35,38)/t30-,31-,32-/m0/s1. The molecule has 4 aromatic rings. The molecule has 0 saturated carbocycles. The van der Waals surface area contributed by atoms with Crippen molar-refractivity contribution in [3.63, 3.8) is 0 Å². The fraction of sp³-hybridized carbons (Fsp3) is 0.242. The topological polar surface area (TPSA) is 52.6 Å². The fourth-order valence-electron chi connectivity index (χ4n) is 5.12. The van der Waals surface area contributed by atoms with Crippen molar-refractivity contribution < 1.29 is 9.90 Å². The number of aliphatic hydroxyl groups excluding tert-OH is 1. The van der Waals surface area contributed by atoms with Gasteiger partial charge in [-0.1, -0.05) is 121 Å². The molecule has 0 aliphatic rings. The van der Waals surface area contributed by atoms with E-state index in [-0.39, 0.29) is 17.9 Å². The minimum absolute atomic E-state index is 0.0804. The number of rotatable bonds is 13. The highest BCUT2D eigenvalue weighted by atomic mass is 16.3. The van der Waals surface area contributed by atoms with Crippen LogP contribution in [0.25, 0.3) is 0 Å². The highest BCUT2D eigenvalue weighted by molar-refractivity contribution is 6.57. The number of hydrogen-bond acceptors (Lipinski definition) is 3. The molecule has 0 radical (unpaired) electrons. The summed E-state index contributed by atoms with van der Waals surface area (Å²) in [5.74, 6) is -0.0804. The Balaban J connectivity index is 1.63. The zero-order chi connectivity index (χ0) is 26.6. The molecular weight excluding hydrogens is 467 g/mol. The summed E-state index contributed by atoms with van der Waals surface area (Å²) < 4.78 is 0. The van der Waals surface area contributed by atoms with Gasteiger partial charge in [0, 0.05) is 25.2 Å². The molecule has 4 aromatic carbocycles. The Kier molecular flexibility index (Phi) is 10.3. The van der Waals surface area contributed by atoms with Crippen molar-refractivity contribution in [1.29, 1.82) is 0 Å². The smallest absolute Gasteiger partial charge is 0.215 e. The Hall–Kier alpha value is -3.67. The van der Waals surface area contributed by atoms with Crippen LogP contribution < -0.4 is 5.32 Å². The molecule has 38 heavy (non-hydrogen) atoms. The predicted molar refractivity (Wildman–Crippen MR) is 158 cm³/mol. The van der Waals surface area contributed by atoms with Crippen molar-refractivity contribution in [2.24, 2.45) is 0 Å². The van der Waals surface area contributed by atoms with E-state index in [1.807, 2.05) is 48.5 Å². The molecule has 0 aromatic heterocycles. The van der Waals surface area contributed by atoms with Crippen LogP contribution >= 0.6 is 0 Å². The number of benzene rings is 4. The summed E-state index contributed by atoms with van der Waals surface area (Å²) in [6.45, 7) is 1.43. The van der Waals surface area contributed by atoms with E-state index in [2.05, 4.69) is 83.0 Å².